The molecule has 6 nitrogen and oxygen atoms in total. The Morgan fingerprint density at radius 1 is 1.17 bits per heavy atom. The summed E-state index contributed by atoms with van der Waals surface area (Å²) in [5.74, 6) is 0.127. The molecule has 5 heterocycles. The molecular formula is C22H26N4O2S. The van der Waals surface area contributed by atoms with Crippen molar-refractivity contribution in [2.75, 3.05) is 24.5 Å². The number of carbonyl (C=O) groups excluding carboxylic acids is 1. The molecule has 1 N–H and O–H groups in total. The van der Waals surface area contributed by atoms with E-state index in [1.54, 1.807) is 11.3 Å². The predicted octanol–water partition coefficient (Wildman–Crippen LogP) is 2.11. The summed E-state index contributed by atoms with van der Waals surface area (Å²) in [6.45, 7) is 4.07. The lowest BCUT2D eigenvalue weighted by Crippen LogP contribution is -2.51. The van der Waals surface area contributed by atoms with E-state index in [1.807, 2.05) is 17.0 Å². The van der Waals surface area contributed by atoms with Crippen molar-refractivity contribution in [1.82, 2.24) is 15.2 Å². The summed E-state index contributed by atoms with van der Waals surface area (Å²) in [5.41, 5.74) is 3.64. The van der Waals surface area contributed by atoms with E-state index in [-0.39, 0.29) is 12.0 Å². The second kappa shape index (κ2) is 7.07. The van der Waals surface area contributed by atoms with Crippen molar-refractivity contribution in [3.8, 4) is 0 Å². The van der Waals surface area contributed by atoms with Gasteiger partial charge in [0.05, 0.1) is 18.8 Å². The number of nitrogens with zero attached hydrogens (tertiary/aromatic N) is 3. The normalized spacial score (nSPS) is 28.2. The monoisotopic (exact) mass is 410 g/mol. The molecule has 1 amide bonds. The smallest absolute Gasteiger partial charge is 0.252 e. The number of ether oxygens (including phenoxy) is 1. The number of rotatable bonds is 2. The quantitative estimate of drug-likeness (QED) is 0.822. The Hall–Kier alpha value is -1.96. The van der Waals surface area contributed by atoms with Crippen LogP contribution in [0.3, 0.4) is 0 Å². The number of nitrogens with one attached hydrogen (secondary N) is 1. The first kappa shape index (κ1) is 17.9. The molecule has 3 atom stereocenters. The van der Waals surface area contributed by atoms with Gasteiger partial charge in [0.15, 0.2) is 5.13 Å². The Balaban J connectivity index is 1.18. The largest absolute Gasteiger partial charge is 0.363 e. The molecule has 29 heavy (non-hydrogen) atoms. The third-order valence-electron chi connectivity index (χ3n) is 6.87. The Kier molecular flexibility index (Phi) is 4.36. The second-order valence-electron chi connectivity index (χ2n) is 8.60. The van der Waals surface area contributed by atoms with E-state index in [0.29, 0.717) is 31.7 Å². The number of anilines is 1. The molecule has 2 bridgehead atoms. The first-order valence-electron chi connectivity index (χ1n) is 10.7. The van der Waals surface area contributed by atoms with Crippen LogP contribution in [0, 0.1) is 0 Å². The highest BCUT2D eigenvalue weighted by atomic mass is 32.1. The maximum absolute atomic E-state index is 13.2. The summed E-state index contributed by atoms with van der Waals surface area (Å²) in [6.07, 6.45) is 3.68. The van der Waals surface area contributed by atoms with E-state index in [9.17, 15) is 4.79 Å². The Morgan fingerprint density at radius 2 is 1.97 bits per heavy atom. The van der Waals surface area contributed by atoms with Gasteiger partial charge in [0.25, 0.3) is 5.91 Å². The standard InChI is InChI=1S/C22H26N4O2S/c27-21(19-9-14-3-1-2-4-15(14)13-28-19)25-8-7-18-20(12-25)29-22(24-18)26-16-5-6-17(26)11-23-10-16/h1-4,16-17,19,23H,5-13H2. The van der Waals surface area contributed by atoms with Gasteiger partial charge in [0, 0.05) is 49.4 Å². The van der Waals surface area contributed by atoms with Crippen LogP contribution < -0.4 is 10.2 Å². The van der Waals surface area contributed by atoms with Crippen molar-refractivity contribution in [2.45, 2.75) is 57.0 Å². The van der Waals surface area contributed by atoms with E-state index in [2.05, 4.69) is 22.3 Å². The molecule has 2 fully saturated rings. The Bertz CT molecular complexity index is 929. The molecule has 6 rings (SSSR count). The summed E-state index contributed by atoms with van der Waals surface area (Å²) < 4.78 is 5.93. The van der Waals surface area contributed by atoms with Crippen LogP contribution in [0.25, 0.3) is 0 Å². The molecule has 0 aliphatic carbocycles. The summed E-state index contributed by atoms with van der Waals surface area (Å²) in [5, 5.41) is 4.71. The van der Waals surface area contributed by atoms with Crippen LogP contribution in [-0.2, 0) is 35.5 Å². The zero-order chi connectivity index (χ0) is 19.4. The first-order chi connectivity index (χ1) is 14.3. The molecule has 1 aromatic carbocycles. The van der Waals surface area contributed by atoms with Crippen molar-refractivity contribution >= 4 is 22.4 Å². The van der Waals surface area contributed by atoms with Gasteiger partial charge in [-0.25, -0.2) is 4.98 Å². The van der Waals surface area contributed by atoms with Crippen LogP contribution in [0.2, 0.25) is 0 Å². The number of fused-ring (bicyclic) bond motifs is 4. The number of carbonyl (C=O) groups is 1. The van der Waals surface area contributed by atoms with E-state index in [1.165, 1.54) is 39.7 Å². The fourth-order valence-corrected chi connectivity index (χ4v) is 6.55. The minimum Gasteiger partial charge on any atom is -0.363 e. The lowest BCUT2D eigenvalue weighted by atomic mass is 9.98. The zero-order valence-electron chi connectivity index (χ0n) is 16.5. The molecule has 0 radical (unpaired) electrons. The van der Waals surface area contributed by atoms with Crippen molar-refractivity contribution < 1.29 is 9.53 Å². The van der Waals surface area contributed by atoms with Gasteiger partial charge in [0.1, 0.15) is 6.10 Å². The maximum Gasteiger partial charge on any atom is 0.252 e. The summed E-state index contributed by atoms with van der Waals surface area (Å²) in [4.78, 5) is 23.9. The first-order valence-corrected chi connectivity index (χ1v) is 11.5. The second-order valence-corrected chi connectivity index (χ2v) is 9.66. The van der Waals surface area contributed by atoms with Crippen LogP contribution in [0.5, 0.6) is 0 Å². The predicted molar refractivity (Wildman–Crippen MR) is 112 cm³/mol. The molecule has 3 unspecified atom stereocenters. The summed E-state index contributed by atoms with van der Waals surface area (Å²) in [7, 11) is 0. The zero-order valence-corrected chi connectivity index (χ0v) is 17.3. The van der Waals surface area contributed by atoms with Gasteiger partial charge in [-0.2, -0.15) is 0 Å². The fourth-order valence-electron chi connectivity index (χ4n) is 5.28. The number of piperazine rings is 1. The van der Waals surface area contributed by atoms with Gasteiger partial charge in [0.2, 0.25) is 0 Å². The van der Waals surface area contributed by atoms with Gasteiger partial charge in [-0.15, -0.1) is 0 Å². The van der Waals surface area contributed by atoms with E-state index < -0.39 is 0 Å². The average Bonchev–Trinajstić information content (AvgIpc) is 3.29. The molecular weight excluding hydrogens is 384 g/mol. The minimum absolute atomic E-state index is 0.127. The van der Waals surface area contributed by atoms with Crippen LogP contribution in [0.1, 0.15) is 34.5 Å². The van der Waals surface area contributed by atoms with Gasteiger partial charge < -0.3 is 19.9 Å². The molecule has 0 spiro atoms. The van der Waals surface area contributed by atoms with Crippen molar-refractivity contribution in [3.63, 3.8) is 0 Å². The third-order valence-corrected chi connectivity index (χ3v) is 7.97. The molecule has 4 aliphatic rings. The minimum atomic E-state index is -0.358. The Morgan fingerprint density at radius 3 is 2.79 bits per heavy atom. The van der Waals surface area contributed by atoms with Gasteiger partial charge in [-0.05, 0) is 24.0 Å². The van der Waals surface area contributed by atoms with Crippen LogP contribution in [0.15, 0.2) is 24.3 Å². The van der Waals surface area contributed by atoms with Gasteiger partial charge >= 0.3 is 0 Å². The topological polar surface area (TPSA) is 57.7 Å². The summed E-state index contributed by atoms with van der Waals surface area (Å²) in [6, 6.07) is 9.43. The van der Waals surface area contributed by atoms with E-state index in [0.717, 1.165) is 26.1 Å². The summed E-state index contributed by atoms with van der Waals surface area (Å²) >= 11 is 1.80. The number of hydrogen-bond acceptors (Lipinski definition) is 6. The van der Waals surface area contributed by atoms with E-state index in [4.69, 9.17) is 9.72 Å². The molecule has 2 saturated heterocycles. The molecule has 7 heteroatoms. The number of benzene rings is 1. The lowest BCUT2D eigenvalue weighted by Gasteiger charge is -2.35. The highest BCUT2D eigenvalue weighted by molar-refractivity contribution is 7.15. The SMILES string of the molecule is O=C(C1Cc2ccccc2CO1)N1CCc2nc(N3C4CCC3CNC4)sc2C1. The van der Waals surface area contributed by atoms with Crippen LogP contribution in [0.4, 0.5) is 5.13 Å². The van der Waals surface area contributed by atoms with Gasteiger partial charge in [-0.3, -0.25) is 4.79 Å². The molecule has 152 valence electrons. The maximum atomic E-state index is 13.2. The highest BCUT2D eigenvalue weighted by Gasteiger charge is 2.39. The molecule has 4 aliphatic heterocycles. The fraction of sp³-hybridized carbons (Fsp3) is 0.545. The van der Waals surface area contributed by atoms with Crippen LogP contribution in [-0.4, -0.2) is 53.6 Å². The van der Waals surface area contributed by atoms with Crippen molar-refractivity contribution in [3.05, 3.63) is 46.0 Å². The van der Waals surface area contributed by atoms with Crippen molar-refractivity contribution in [1.29, 1.82) is 0 Å². The molecule has 0 saturated carbocycles. The van der Waals surface area contributed by atoms with Crippen LogP contribution >= 0.6 is 11.3 Å². The highest BCUT2D eigenvalue weighted by Crippen LogP contribution is 2.38. The number of amides is 1. The average molecular weight is 411 g/mol. The number of aromatic nitrogens is 1. The molecule has 2 aromatic rings. The Labute approximate surface area is 174 Å². The van der Waals surface area contributed by atoms with Crippen molar-refractivity contribution in [2.24, 2.45) is 0 Å². The lowest BCUT2D eigenvalue weighted by molar-refractivity contribution is -0.146. The third kappa shape index (κ3) is 3.07. The molecule has 1 aromatic heterocycles. The number of hydrogen-bond donors (Lipinski definition) is 1. The van der Waals surface area contributed by atoms with Gasteiger partial charge in [-0.1, -0.05) is 35.6 Å². The number of thiazole rings is 1. The van der Waals surface area contributed by atoms with E-state index >= 15 is 0 Å².